The Morgan fingerprint density at radius 3 is 2.00 bits per heavy atom. The monoisotopic (exact) mass is 237 g/mol. The van der Waals surface area contributed by atoms with E-state index in [9.17, 15) is 10.2 Å². The summed E-state index contributed by atoms with van der Waals surface area (Å²) < 4.78 is 0. The van der Waals surface area contributed by atoms with Gasteiger partial charge in [0.1, 0.15) is 11.5 Å². The van der Waals surface area contributed by atoms with Gasteiger partial charge in [0.15, 0.2) is 0 Å². The SMILES string of the molecule is CC(NCC(C)C(C)C)c1cc(O)cc(O)c1. The molecule has 0 aliphatic rings. The third-order valence-corrected chi connectivity index (χ3v) is 3.31. The molecule has 0 saturated carbocycles. The molecule has 0 bridgehead atoms. The number of rotatable bonds is 5. The molecule has 0 saturated heterocycles. The Hall–Kier alpha value is -1.22. The molecule has 1 aromatic carbocycles. The average molecular weight is 237 g/mol. The summed E-state index contributed by atoms with van der Waals surface area (Å²) in [5, 5.41) is 22.3. The van der Waals surface area contributed by atoms with E-state index in [1.807, 2.05) is 6.92 Å². The average Bonchev–Trinajstić information content (AvgIpc) is 2.23. The van der Waals surface area contributed by atoms with Crippen molar-refractivity contribution >= 4 is 0 Å². The standard InChI is InChI=1S/C14H23NO2/c1-9(2)10(3)8-15-11(4)12-5-13(16)7-14(17)6-12/h5-7,9-11,15-17H,8H2,1-4H3. The van der Waals surface area contributed by atoms with Gasteiger partial charge in [0.05, 0.1) is 0 Å². The van der Waals surface area contributed by atoms with Gasteiger partial charge in [-0.1, -0.05) is 20.8 Å². The van der Waals surface area contributed by atoms with Crippen molar-refractivity contribution in [3.05, 3.63) is 23.8 Å². The van der Waals surface area contributed by atoms with E-state index in [2.05, 4.69) is 26.1 Å². The van der Waals surface area contributed by atoms with E-state index < -0.39 is 0 Å². The second-order valence-corrected chi connectivity index (χ2v) is 5.13. The van der Waals surface area contributed by atoms with Gasteiger partial charge < -0.3 is 15.5 Å². The van der Waals surface area contributed by atoms with Crippen molar-refractivity contribution in [2.75, 3.05) is 6.54 Å². The lowest BCUT2D eigenvalue weighted by atomic mass is 9.97. The third-order valence-electron chi connectivity index (χ3n) is 3.31. The molecule has 2 atom stereocenters. The van der Waals surface area contributed by atoms with E-state index in [1.165, 1.54) is 6.07 Å². The fourth-order valence-corrected chi connectivity index (χ4v) is 1.58. The fourth-order valence-electron chi connectivity index (χ4n) is 1.58. The molecule has 0 amide bonds. The molecule has 17 heavy (non-hydrogen) atoms. The lowest BCUT2D eigenvalue weighted by molar-refractivity contribution is 0.374. The molecule has 3 heteroatoms. The molecule has 0 spiro atoms. The topological polar surface area (TPSA) is 52.5 Å². The highest BCUT2D eigenvalue weighted by atomic mass is 16.3. The summed E-state index contributed by atoms with van der Waals surface area (Å²) in [7, 11) is 0. The third kappa shape index (κ3) is 4.27. The lowest BCUT2D eigenvalue weighted by Crippen LogP contribution is -2.26. The van der Waals surface area contributed by atoms with Crippen LogP contribution in [0.15, 0.2) is 18.2 Å². The molecule has 3 nitrogen and oxygen atoms in total. The second-order valence-electron chi connectivity index (χ2n) is 5.13. The number of aromatic hydroxyl groups is 2. The van der Waals surface area contributed by atoms with Crippen LogP contribution >= 0.6 is 0 Å². The van der Waals surface area contributed by atoms with Gasteiger partial charge in [0, 0.05) is 12.1 Å². The molecular weight excluding hydrogens is 214 g/mol. The highest BCUT2D eigenvalue weighted by Crippen LogP contribution is 2.24. The van der Waals surface area contributed by atoms with Crippen LogP contribution in [-0.4, -0.2) is 16.8 Å². The van der Waals surface area contributed by atoms with Crippen molar-refractivity contribution in [1.82, 2.24) is 5.32 Å². The molecule has 0 heterocycles. The summed E-state index contributed by atoms with van der Waals surface area (Å²) >= 11 is 0. The number of benzene rings is 1. The van der Waals surface area contributed by atoms with Crippen LogP contribution in [-0.2, 0) is 0 Å². The van der Waals surface area contributed by atoms with Gasteiger partial charge in [-0.2, -0.15) is 0 Å². The van der Waals surface area contributed by atoms with Gasteiger partial charge in [0.2, 0.25) is 0 Å². The first kappa shape index (κ1) is 13.8. The Labute approximate surface area is 103 Å². The smallest absolute Gasteiger partial charge is 0.119 e. The van der Waals surface area contributed by atoms with Crippen LogP contribution in [0, 0.1) is 11.8 Å². The Bertz CT molecular complexity index is 343. The number of phenols is 2. The van der Waals surface area contributed by atoms with Gasteiger partial charge in [-0.15, -0.1) is 0 Å². The minimum absolute atomic E-state index is 0.102. The Balaban J connectivity index is 2.60. The summed E-state index contributed by atoms with van der Waals surface area (Å²) in [4.78, 5) is 0. The van der Waals surface area contributed by atoms with Gasteiger partial charge in [0.25, 0.3) is 0 Å². The van der Waals surface area contributed by atoms with E-state index in [0.717, 1.165) is 12.1 Å². The zero-order valence-electron chi connectivity index (χ0n) is 11.1. The number of nitrogens with one attached hydrogen (secondary N) is 1. The first-order valence-corrected chi connectivity index (χ1v) is 6.16. The zero-order chi connectivity index (χ0) is 13.0. The largest absolute Gasteiger partial charge is 0.508 e. The first-order chi connectivity index (χ1) is 7.90. The summed E-state index contributed by atoms with van der Waals surface area (Å²) in [6.45, 7) is 9.58. The molecule has 0 fully saturated rings. The van der Waals surface area contributed by atoms with Crippen LogP contribution < -0.4 is 5.32 Å². The minimum Gasteiger partial charge on any atom is -0.508 e. The highest BCUT2D eigenvalue weighted by Gasteiger charge is 2.11. The van der Waals surface area contributed by atoms with E-state index in [1.54, 1.807) is 12.1 Å². The van der Waals surface area contributed by atoms with Gasteiger partial charge >= 0.3 is 0 Å². The summed E-state index contributed by atoms with van der Waals surface area (Å²) in [6, 6.07) is 4.82. The number of hydrogen-bond donors (Lipinski definition) is 3. The summed E-state index contributed by atoms with van der Waals surface area (Å²) in [5.74, 6) is 1.45. The molecule has 0 aliphatic carbocycles. The lowest BCUT2D eigenvalue weighted by Gasteiger charge is -2.20. The van der Waals surface area contributed by atoms with Crippen molar-refractivity contribution in [3.8, 4) is 11.5 Å². The molecule has 0 aromatic heterocycles. The zero-order valence-corrected chi connectivity index (χ0v) is 11.1. The van der Waals surface area contributed by atoms with Crippen LogP contribution in [0.25, 0.3) is 0 Å². The summed E-state index contributed by atoms with van der Waals surface area (Å²) in [5.41, 5.74) is 0.901. The Kier molecular flexibility index (Phi) is 4.82. The second kappa shape index (κ2) is 5.92. The normalized spacial score (nSPS) is 14.9. The predicted molar refractivity (Wildman–Crippen MR) is 70.2 cm³/mol. The van der Waals surface area contributed by atoms with E-state index in [4.69, 9.17) is 0 Å². The van der Waals surface area contributed by atoms with Crippen LogP contribution in [0.3, 0.4) is 0 Å². The molecule has 1 rings (SSSR count). The molecule has 0 radical (unpaired) electrons. The Morgan fingerprint density at radius 2 is 1.53 bits per heavy atom. The van der Waals surface area contributed by atoms with Crippen LogP contribution in [0.2, 0.25) is 0 Å². The minimum atomic E-state index is 0.102. The maximum atomic E-state index is 9.42. The van der Waals surface area contributed by atoms with Gasteiger partial charge in [-0.05, 0) is 43.0 Å². The highest BCUT2D eigenvalue weighted by molar-refractivity contribution is 5.37. The van der Waals surface area contributed by atoms with Crippen LogP contribution in [0.4, 0.5) is 0 Å². The molecule has 0 aliphatic heterocycles. The fraction of sp³-hybridized carbons (Fsp3) is 0.571. The molecule has 96 valence electrons. The Morgan fingerprint density at radius 1 is 1.00 bits per heavy atom. The number of phenolic OH excluding ortho intramolecular Hbond substituents is 2. The molecule has 1 aromatic rings. The van der Waals surface area contributed by atoms with Crippen molar-refractivity contribution < 1.29 is 10.2 Å². The van der Waals surface area contributed by atoms with E-state index >= 15 is 0 Å². The van der Waals surface area contributed by atoms with Crippen LogP contribution in [0.1, 0.15) is 39.3 Å². The van der Waals surface area contributed by atoms with Gasteiger partial charge in [-0.25, -0.2) is 0 Å². The molecular formula is C14H23NO2. The van der Waals surface area contributed by atoms with Crippen molar-refractivity contribution in [1.29, 1.82) is 0 Å². The van der Waals surface area contributed by atoms with E-state index in [-0.39, 0.29) is 17.5 Å². The maximum Gasteiger partial charge on any atom is 0.119 e. The van der Waals surface area contributed by atoms with E-state index in [0.29, 0.717) is 11.8 Å². The van der Waals surface area contributed by atoms with Crippen molar-refractivity contribution in [2.45, 2.75) is 33.7 Å². The van der Waals surface area contributed by atoms with Crippen LogP contribution in [0.5, 0.6) is 11.5 Å². The summed E-state index contributed by atoms with van der Waals surface area (Å²) in [6.07, 6.45) is 0. The van der Waals surface area contributed by atoms with Crippen molar-refractivity contribution in [2.24, 2.45) is 11.8 Å². The molecule has 3 N–H and O–H groups in total. The molecule has 2 unspecified atom stereocenters. The van der Waals surface area contributed by atoms with Gasteiger partial charge in [-0.3, -0.25) is 0 Å². The van der Waals surface area contributed by atoms with Crippen molar-refractivity contribution in [3.63, 3.8) is 0 Å². The quantitative estimate of drug-likeness (QED) is 0.737. The number of hydrogen-bond acceptors (Lipinski definition) is 3. The maximum absolute atomic E-state index is 9.42. The first-order valence-electron chi connectivity index (χ1n) is 6.16. The predicted octanol–water partition coefficient (Wildman–Crippen LogP) is 3.04.